The van der Waals surface area contributed by atoms with E-state index in [4.69, 9.17) is 16.9 Å². The van der Waals surface area contributed by atoms with Gasteiger partial charge in [-0.3, -0.25) is 14.4 Å². The molecule has 3 aromatic rings. The molecule has 0 unspecified atom stereocenters. The van der Waals surface area contributed by atoms with E-state index in [9.17, 15) is 14.4 Å². The molecule has 2 aromatic carbocycles. The molecule has 0 aliphatic heterocycles. The maximum atomic E-state index is 13.4. The van der Waals surface area contributed by atoms with Crippen LogP contribution in [0.2, 0.25) is 5.02 Å². The highest BCUT2D eigenvalue weighted by Crippen LogP contribution is 2.28. The van der Waals surface area contributed by atoms with Gasteiger partial charge in [-0.15, -0.1) is 11.3 Å². The van der Waals surface area contributed by atoms with Gasteiger partial charge >= 0.3 is 0 Å². The highest BCUT2D eigenvalue weighted by molar-refractivity contribution is 7.18. The second-order valence-electron chi connectivity index (χ2n) is 8.66. The fraction of sp³-hybridized carbons (Fsp3) is 0.321. The molecule has 186 valence electrons. The van der Waals surface area contributed by atoms with Crippen molar-refractivity contribution in [3.63, 3.8) is 0 Å². The van der Waals surface area contributed by atoms with E-state index in [1.165, 1.54) is 11.3 Å². The SMILES string of the molecule is C=C(C#N)C(=O)CC[C@H](Cc1ccccc1)NC(=O)[C@@H](CC(=O)CC)Cc1nc2ccc(Cl)cc2s1. The van der Waals surface area contributed by atoms with Crippen molar-refractivity contribution < 1.29 is 14.4 Å². The van der Waals surface area contributed by atoms with Gasteiger partial charge in [0.25, 0.3) is 0 Å². The Kier molecular flexibility index (Phi) is 9.92. The van der Waals surface area contributed by atoms with Crippen LogP contribution in [0.15, 0.2) is 60.7 Å². The second kappa shape index (κ2) is 13.1. The molecule has 8 heteroatoms. The number of amides is 1. The van der Waals surface area contributed by atoms with E-state index < -0.39 is 5.92 Å². The van der Waals surface area contributed by atoms with Crippen LogP contribution in [-0.4, -0.2) is 28.5 Å². The smallest absolute Gasteiger partial charge is 0.224 e. The monoisotopic (exact) mass is 521 g/mol. The highest BCUT2D eigenvalue weighted by Gasteiger charge is 2.26. The third kappa shape index (κ3) is 7.84. The third-order valence-corrected chi connectivity index (χ3v) is 7.19. The Balaban J connectivity index is 1.78. The summed E-state index contributed by atoms with van der Waals surface area (Å²) < 4.78 is 0.927. The maximum Gasteiger partial charge on any atom is 0.224 e. The standard InChI is InChI=1S/C28H28ClN3O3S/c1-3-23(33)14-20(15-27-32-24-11-9-21(29)16-26(24)36-27)28(35)31-22(10-12-25(34)18(2)17-30)13-19-7-5-4-6-8-19/h4-9,11,16,20,22H,2-3,10,12-15H2,1H3,(H,31,35)/t20-,22+/m0/s1. The zero-order chi connectivity index (χ0) is 26.1. The first-order chi connectivity index (χ1) is 17.3. The third-order valence-electron chi connectivity index (χ3n) is 5.92. The lowest BCUT2D eigenvalue weighted by molar-refractivity contribution is -0.130. The molecule has 3 rings (SSSR count). The van der Waals surface area contributed by atoms with Crippen LogP contribution in [0.4, 0.5) is 0 Å². The molecule has 6 nitrogen and oxygen atoms in total. The first-order valence-corrected chi connectivity index (χ1v) is 13.0. The summed E-state index contributed by atoms with van der Waals surface area (Å²) in [6.07, 6.45) is 1.76. The summed E-state index contributed by atoms with van der Waals surface area (Å²) in [7, 11) is 0. The number of nitriles is 1. The molecule has 0 fully saturated rings. The number of carbonyl (C=O) groups excluding carboxylic acids is 3. The number of ketones is 2. The summed E-state index contributed by atoms with van der Waals surface area (Å²) >= 11 is 7.56. The minimum Gasteiger partial charge on any atom is -0.353 e. The fourth-order valence-corrected chi connectivity index (χ4v) is 5.21. The van der Waals surface area contributed by atoms with Crippen LogP contribution in [0.3, 0.4) is 0 Å². The average molecular weight is 522 g/mol. The van der Waals surface area contributed by atoms with E-state index in [-0.39, 0.29) is 41.9 Å². The predicted octanol–water partition coefficient (Wildman–Crippen LogP) is 5.63. The molecule has 1 N–H and O–H groups in total. The number of nitrogens with zero attached hydrogens (tertiary/aromatic N) is 2. The molecule has 0 bridgehead atoms. The number of allylic oxidation sites excluding steroid dienone is 1. The van der Waals surface area contributed by atoms with Crippen molar-refractivity contribution >= 4 is 50.6 Å². The highest BCUT2D eigenvalue weighted by atomic mass is 35.5. The number of carbonyl (C=O) groups is 3. The lowest BCUT2D eigenvalue weighted by Gasteiger charge is -2.22. The van der Waals surface area contributed by atoms with Crippen LogP contribution >= 0.6 is 22.9 Å². The van der Waals surface area contributed by atoms with Gasteiger partial charge in [0, 0.05) is 36.7 Å². The van der Waals surface area contributed by atoms with E-state index in [0.29, 0.717) is 30.7 Å². The lowest BCUT2D eigenvalue weighted by Crippen LogP contribution is -2.41. The molecule has 0 spiro atoms. The first-order valence-electron chi connectivity index (χ1n) is 11.8. The molecule has 1 aromatic heterocycles. The number of Topliss-reactive ketones (excluding diaryl/α,β-unsaturated/α-hetero) is 2. The molecule has 36 heavy (non-hydrogen) atoms. The molecule has 1 amide bonds. The van der Waals surface area contributed by atoms with Gasteiger partial charge in [0.05, 0.1) is 26.7 Å². The van der Waals surface area contributed by atoms with Gasteiger partial charge in [0.15, 0.2) is 5.78 Å². The minimum atomic E-state index is -0.587. The van der Waals surface area contributed by atoms with E-state index in [1.807, 2.05) is 42.5 Å². The number of hydrogen-bond acceptors (Lipinski definition) is 6. The Morgan fingerprint density at radius 3 is 2.61 bits per heavy atom. The van der Waals surface area contributed by atoms with E-state index >= 15 is 0 Å². The van der Waals surface area contributed by atoms with Gasteiger partial charge in [-0.25, -0.2) is 4.98 Å². The summed E-state index contributed by atoms with van der Waals surface area (Å²) in [5.41, 5.74) is 1.72. The molecular formula is C28H28ClN3O3S. The summed E-state index contributed by atoms with van der Waals surface area (Å²) in [6, 6.07) is 16.6. The normalized spacial score (nSPS) is 12.5. The predicted molar refractivity (Wildman–Crippen MR) is 143 cm³/mol. The number of nitrogens with one attached hydrogen (secondary N) is 1. The molecule has 0 aliphatic carbocycles. The summed E-state index contributed by atoms with van der Waals surface area (Å²) in [4.78, 5) is 42.6. The summed E-state index contributed by atoms with van der Waals surface area (Å²) in [5, 5.41) is 13.4. The van der Waals surface area contributed by atoms with Crippen LogP contribution in [0.25, 0.3) is 10.2 Å². The van der Waals surface area contributed by atoms with Crippen molar-refractivity contribution in [3.8, 4) is 6.07 Å². The van der Waals surface area contributed by atoms with E-state index in [0.717, 1.165) is 20.8 Å². The quantitative estimate of drug-likeness (QED) is 0.232. The van der Waals surface area contributed by atoms with Gasteiger partial charge in [0.2, 0.25) is 5.91 Å². The average Bonchev–Trinajstić information content (AvgIpc) is 3.27. The molecule has 0 saturated carbocycles. The Hall–Kier alpha value is -3.34. The Morgan fingerprint density at radius 2 is 1.92 bits per heavy atom. The van der Waals surface area contributed by atoms with Crippen LogP contribution in [0.1, 0.15) is 43.2 Å². The zero-order valence-corrected chi connectivity index (χ0v) is 21.7. The number of fused-ring (bicyclic) bond motifs is 1. The Labute approximate surface area is 220 Å². The van der Waals surface area contributed by atoms with Gasteiger partial charge in [0.1, 0.15) is 11.9 Å². The van der Waals surface area contributed by atoms with Gasteiger partial charge in [-0.2, -0.15) is 5.26 Å². The van der Waals surface area contributed by atoms with Crippen molar-refractivity contribution in [2.75, 3.05) is 0 Å². The van der Waals surface area contributed by atoms with Crippen LogP contribution in [0.5, 0.6) is 0 Å². The van der Waals surface area contributed by atoms with Crippen molar-refractivity contribution in [1.29, 1.82) is 5.26 Å². The van der Waals surface area contributed by atoms with Gasteiger partial charge < -0.3 is 5.32 Å². The van der Waals surface area contributed by atoms with Crippen LogP contribution < -0.4 is 5.32 Å². The topological polar surface area (TPSA) is 99.9 Å². The molecule has 0 aliphatic rings. The van der Waals surface area contributed by atoms with Gasteiger partial charge in [-0.05, 0) is 36.6 Å². The molecule has 0 saturated heterocycles. The van der Waals surface area contributed by atoms with Crippen molar-refractivity contribution in [3.05, 3.63) is 76.3 Å². The number of halogens is 1. The number of thiazole rings is 1. The minimum absolute atomic E-state index is 0.000544. The molecule has 0 radical (unpaired) electrons. The van der Waals surface area contributed by atoms with Crippen molar-refractivity contribution in [2.45, 2.75) is 51.5 Å². The molecule has 1 heterocycles. The molecule has 2 atom stereocenters. The van der Waals surface area contributed by atoms with Gasteiger partial charge in [-0.1, -0.05) is 55.4 Å². The Morgan fingerprint density at radius 1 is 1.17 bits per heavy atom. The fourth-order valence-electron chi connectivity index (χ4n) is 3.88. The number of benzene rings is 2. The summed E-state index contributed by atoms with van der Waals surface area (Å²) in [6.45, 7) is 5.27. The lowest BCUT2D eigenvalue weighted by atomic mass is 9.94. The first kappa shape index (κ1) is 27.3. The van der Waals surface area contributed by atoms with Crippen LogP contribution in [-0.2, 0) is 27.2 Å². The van der Waals surface area contributed by atoms with Crippen molar-refractivity contribution in [1.82, 2.24) is 10.3 Å². The second-order valence-corrected chi connectivity index (χ2v) is 10.2. The number of rotatable bonds is 13. The number of hydrogen-bond donors (Lipinski definition) is 1. The van der Waals surface area contributed by atoms with Crippen molar-refractivity contribution in [2.24, 2.45) is 5.92 Å². The van der Waals surface area contributed by atoms with E-state index in [1.54, 1.807) is 19.1 Å². The zero-order valence-electron chi connectivity index (χ0n) is 20.1. The largest absolute Gasteiger partial charge is 0.353 e. The van der Waals surface area contributed by atoms with E-state index in [2.05, 4.69) is 16.9 Å². The Bertz CT molecular complexity index is 1300. The summed E-state index contributed by atoms with van der Waals surface area (Å²) in [5.74, 6) is -1.17. The number of aromatic nitrogens is 1. The maximum absolute atomic E-state index is 13.4. The van der Waals surface area contributed by atoms with Crippen LogP contribution in [0, 0.1) is 17.2 Å². The molecular weight excluding hydrogens is 494 g/mol.